The third-order valence-electron chi connectivity index (χ3n) is 3.41. The van der Waals surface area contributed by atoms with E-state index in [1.165, 1.54) is 0 Å². The average Bonchev–Trinajstić information content (AvgIpc) is 2.94. The van der Waals surface area contributed by atoms with E-state index in [4.69, 9.17) is 16.2 Å². The second kappa shape index (κ2) is 5.40. The van der Waals surface area contributed by atoms with Gasteiger partial charge in [-0.3, -0.25) is 4.79 Å². The van der Waals surface area contributed by atoms with Crippen LogP contribution >= 0.6 is 0 Å². The lowest BCUT2D eigenvalue weighted by atomic mass is 10.0. The van der Waals surface area contributed by atoms with Crippen LogP contribution in [0.1, 0.15) is 6.92 Å². The van der Waals surface area contributed by atoms with Crippen LogP contribution < -0.4 is 16.2 Å². The number of benzene rings is 1. The average molecular weight is 296 g/mol. The summed E-state index contributed by atoms with van der Waals surface area (Å²) < 4.78 is 5.53. The number of primary amides is 1. The topological polar surface area (TPSA) is 107 Å². The fourth-order valence-corrected chi connectivity index (χ4v) is 2.30. The quantitative estimate of drug-likeness (QED) is 0.685. The number of anilines is 1. The Morgan fingerprint density at radius 1 is 1.32 bits per heavy atom. The highest BCUT2D eigenvalue weighted by Crippen LogP contribution is 2.31. The van der Waals surface area contributed by atoms with E-state index in [0.717, 1.165) is 22.2 Å². The molecule has 1 amide bonds. The number of ether oxygens (including phenoxy) is 1. The number of nitrogens with one attached hydrogen (secondary N) is 1. The Bertz CT molecular complexity index is 841. The Balaban J connectivity index is 2.04. The van der Waals surface area contributed by atoms with Crippen molar-refractivity contribution in [2.24, 2.45) is 5.73 Å². The zero-order chi connectivity index (χ0) is 15.7. The van der Waals surface area contributed by atoms with E-state index in [0.29, 0.717) is 11.6 Å². The largest absolute Gasteiger partial charge is 0.481 e. The van der Waals surface area contributed by atoms with Gasteiger partial charge in [0.05, 0.1) is 0 Å². The zero-order valence-corrected chi connectivity index (χ0v) is 12.0. The van der Waals surface area contributed by atoms with Gasteiger partial charge in [0, 0.05) is 11.6 Å². The van der Waals surface area contributed by atoms with Crippen molar-refractivity contribution in [2.75, 3.05) is 5.73 Å². The first kappa shape index (κ1) is 13.9. The van der Waals surface area contributed by atoms with Gasteiger partial charge in [-0.2, -0.15) is 0 Å². The molecule has 0 aliphatic carbocycles. The van der Waals surface area contributed by atoms with Crippen LogP contribution in [0.5, 0.6) is 5.75 Å². The Hall–Kier alpha value is -3.02. The molecule has 3 aromatic rings. The van der Waals surface area contributed by atoms with E-state index in [-0.39, 0.29) is 0 Å². The highest BCUT2D eigenvalue weighted by atomic mass is 16.5. The molecule has 0 bridgehead atoms. The molecule has 0 radical (unpaired) electrons. The zero-order valence-electron chi connectivity index (χ0n) is 12.0. The van der Waals surface area contributed by atoms with Crippen molar-refractivity contribution in [3.63, 3.8) is 0 Å². The van der Waals surface area contributed by atoms with E-state index in [2.05, 4.69) is 9.97 Å². The predicted molar refractivity (Wildman–Crippen MR) is 85.2 cm³/mol. The van der Waals surface area contributed by atoms with Crippen LogP contribution in [0.2, 0.25) is 0 Å². The standard InChI is InChI=1S/C16H16N4O2/c1-9(15(18)21)22-11-4-2-3-10(7-11)13-8-14(17)20-16-12(13)5-6-19-16/h2-9H,1H3,(H2,18,21)(H3,17,19,20). The minimum atomic E-state index is -0.690. The molecule has 0 spiro atoms. The molecule has 2 aromatic heterocycles. The molecule has 0 saturated heterocycles. The molecule has 5 N–H and O–H groups in total. The molecule has 6 heteroatoms. The number of carbonyl (C=O) groups excluding carboxylic acids is 1. The van der Waals surface area contributed by atoms with Crippen molar-refractivity contribution in [2.45, 2.75) is 13.0 Å². The summed E-state index contributed by atoms with van der Waals surface area (Å²) in [6.07, 6.45) is 1.13. The summed E-state index contributed by atoms with van der Waals surface area (Å²) >= 11 is 0. The van der Waals surface area contributed by atoms with Crippen LogP contribution in [-0.4, -0.2) is 22.0 Å². The van der Waals surface area contributed by atoms with E-state index in [1.54, 1.807) is 13.0 Å². The van der Waals surface area contributed by atoms with Gasteiger partial charge in [0.1, 0.15) is 17.2 Å². The van der Waals surface area contributed by atoms with Gasteiger partial charge in [0.25, 0.3) is 5.91 Å². The number of H-pyrrole nitrogens is 1. The molecule has 0 saturated carbocycles. The number of hydrogen-bond donors (Lipinski definition) is 3. The number of pyridine rings is 1. The van der Waals surface area contributed by atoms with E-state index in [1.807, 2.05) is 36.5 Å². The summed E-state index contributed by atoms with van der Waals surface area (Å²) in [5, 5.41) is 0.967. The van der Waals surface area contributed by atoms with Gasteiger partial charge in [-0.1, -0.05) is 12.1 Å². The van der Waals surface area contributed by atoms with Gasteiger partial charge in [-0.15, -0.1) is 0 Å². The number of nitrogens with zero attached hydrogens (tertiary/aromatic N) is 1. The van der Waals surface area contributed by atoms with Crippen LogP contribution in [0.15, 0.2) is 42.6 Å². The van der Waals surface area contributed by atoms with E-state index < -0.39 is 12.0 Å². The summed E-state index contributed by atoms with van der Waals surface area (Å²) in [6, 6.07) is 11.2. The van der Waals surface area contributed by atoms with Crippen LogP contribution in [0.4, 0.5) is 5.82 Å². The first-order valence-corrected chi connectivity index (χ1v) is 6.84. The number of aromatic nitrogens is 2. The third-order valence-corrected chi connectivity index (χ3v) is 3.41. The molecule has 6 nitrogen and oxygen atoms in total. The Labute approximate surface area is 127 Å². The Morgan fingerprint density at radius 2 is 2.14 bits per heavy atom. The maximum Gasteiger partial charge on any atom is 0.258 e. The maximum atomic E-state index is 11.1. The fourth-order valence-electron chi connectivity index (χ4n) is 2.30. The van der Waals surface area contributed by atoms with Crippen molar-refractivity contribution in [1.82, 2.24) is 9.97 Å². The molecule has 0 fully saturated rings. The van der Waals surface area contributed by atoms with Crippen molar-refractivity contribution < 1.29 is 9.53 Å². The van der Waals surface area contributed by atoms with Crippen molar-refractivity contribution in [3.8, 4) is 16.9 Å². The number of aromatic amines is 1. The molecule has 1 atom stereocenters. The number of carbonyl (C=O) groups is 1. The lowest BCUT2D eigenvalue weighted by Gasteiger charge is -2.12. The molecule has 3 rings (SSSR count). The SMILES string of the molecule is CC(Oc1cccc(-c2cc(N)nc3[nH]ccc23)c1)C(N)=O. The molecule has 22 heavy (non-hydrogen) atoms. The molecular formula is C16H16N4O2. The van der Waals surface area contributed by atoms with Gasteiger partial charge >= 0.3 is 0 Å². The maximum absolute atomic E-state index is 11.1. The molecule has 1 unspecified atom stereocenters. The summed E-state index contributed by atoms with van der Waals surface area (Å²) in [5.41, 5.74) is 13.7. The smallest absolute Gasteiger partial charge is 0.258 e. The monoisotopic (exact) mass is 296 g/mol. The highest BCUT2D eigenvalue weighted by molar-refractivity contribution is 5.94. The van der Waals surface area contributed by atoms with Gasteiger partial charge in [0.15, 0.2) is 6.10 Å². The number of rotatable bonds is 4. The normalized spacial score (nSPS) is 12.2. The van der Waals surface area contributed by atoms with E-state index in [9.17, 15) is 4.79 Å². The van der Waals surface area contributed by atoms with Gasteiger partial charge in [-0.05, 0) is 42.3 Å². The first-order valence-electron chi connectivity index (χ1n) is 6.84. The van der Waals surface area contributed by atoms with Gasteiger partial charge in [0.2, 0.25) is 0 Å². The number of amides is 1. The molecule has 0 aliphatic heterocycles. The Morgan fingerprint density at radius 3 is 2.91 bits per heavy atom. The van der Waals surface area contributed by atoms with Crippen LogP contribution in [0.3, 0.4) is 0 Å². The summed E-state index contributed by atoms with van der Waals surface area (Å²) in [6.45, 7) is 1.61. The number of nitrogen functional groups attached to an aromatic ring is 1. The van der Waals surface area contributed by atoms with Crippen LogP contribution in [-0.2, 0) is 4.79 Å². The molecule has 1 aromatic carbocycles. The summed E-state index contributed by atoms with van der Waals surface area (Å²) in [4.78, 5) is 18.4. The summed E-state index contributed by atoms with van der Waals surface area (Å²) in [7, 11) is 0. The second-order valence-corrected chi connectivity index (χ2v) is 5.02. The lowest BCUT2D eigenvalue weighted by Crippen LogP contribution is -2.30. The highest BCUT2D eigenvalue weighted by Gasteiger charge is 2.12. The number of nitrogens with two attached hydrogens (primary N) is 2. The second-order valence-electron chi connectivity index (χ2n) is 5.02. The first-order chi connectivity index (χ1) is 10.5. The van der Waals surface area contributed by atoms with Gasteiger partial charge in [-0.25, -0.2) is 4.98 Å². The van der Waals surface area contributed by atoms with Crippen molar-refractivity contribution >= 4 is 22.8 Å². The van der Waals surface area contributed by atoms with Crippen LogP contribution in [0.25, 0.3) is 22.2 Å². The molecule has 2 heterocycles. The third kappa shape index (κ3) is 2.58. The number of fused-ring (bicyclic) bond motifs is 1. The predicted octanol–water partition coefficient (Wildman–Crippen LogP) is 2.06. The lowest BCUT2D eigenvalue weighted by molar-refractivity contribution is -0.123. The van der Waals surface area contributed by atoms with Crippen LogP contribution in [0, 0.1) is 0 Å². The minimum absolute atomic E-state index is 0.432. The van der Waals surface area contributed by atoms with E-state index >= 15 is 0 Å². The number of hydrogen-bond acceptors (Lipinski definition) is 4. The molecule has 0 aliphatic rings. The molecule has 112 valence electrons. The summed E-state index contributed by atoms with van der Waals surface area (Å²) in [5.74, 6) is 0.497. The van der Waals surface area contributed by atoms with Crippen molar-refractivity contribution in [3.05, 3.63) is 42.6 Å². The molecular weight excluding hydrogens is 280 g/mol. The fraction of sp³-hybridized carbons (Fsp3) is 0.125. The van der Waals surface area contributed by atoms with Gasteiger partial charge < -0.3 is 21.2 Å². The minimum Gasteiger partial charge on any atom is -0.481 e. The van der Waals surface area contributed by atoms with Crippen molar-refractivity contribution in [1.29, 1.82) is 0 Å². The Kier molecular flexibility index (Phi) is 3.42.